The Morgan fingerprint density at radius 3 is 2.65 bits per heavy atom. The lowest BCUT2D eigenvalue weighted by molar-refractivity contribution is 0.0920. The van der Waals surface area contributed by atoms with Gasteiger partial charge in [0, 0.05) is 11.6 Å². The van der Waals surface area contributed by atoms with Gasteiger partial charge in [-0.2, -0.15) is 0 Å². The third-order valence-electron chi connectivity index (χ3n) is 4.14. The highest BCUT2D eigenvalue weighted by molar-refractivity contribution is 5.94. The van der Waals surface area contributed by atoms with Gasteiger partial charge in [0.15, 0.2) is 0 Å². The van der Waals surface area contributed by atoms with Crippen molar-refractivity contribution in [2.75, 3.05) is 5.73 Å². The minimum Gasteiger partial charge on any atom is -0.396 e. The molecule has 0 bridgehead atoms. The monoisotopic (exact) mass is 278 g/mol. The molecule has 0 aliphatic heterocycles. The molecule has 2 rings (SSSR count). The fourth-order valence-corrected chi connectivity index (χ4v) is 2.94. The summed E-state index contributed by atoms with van der Waals surface area (Å²) >= 11 is 0. The molecular formula is C16H23FN2O. The van der Waals surface area contributed by atoms with Crippen molar-refractivity contribution in [3.8, 4) is 0 Å². The van der Waals surface area contributed by atoms with Gasteiger partial charge in [0.05, 0.1) is 5.69 Å². The number of nitrogen functional groups attached to an aromatic ring is 1. The second-order valence-corrected chi connectivity index (χ2v) is 5.72. The van der Waals surface area contributed by atoms with Crippen molar-refractivity contribution in [1.82, 2.24) is 5.32 Å². The Kier molecular flexibility index (Phi) is 4.99. The van der Waals surface area contributed by atoms with Crippen LogP contribution in [0, 0.1) is 11.7 Å². The second-order valence-electron chi connectivity index (χ2n) is 5.72. The van der Waals surface area contributed by atoms with Crippen LogP contribution < -0.4 is 11.1 Å². The van der Waals surface area contributed by atoms with E-state index in [2.05, 4.69) is 12.2 Å². The Morgan fingerprint density at radius 2 is 2.05 bits per heavy atom. The average Bonchev–Trinajstić information content (AvgIpc) is 2.44. The van der Waals surface area contributed by atoms with Crippen molar-refractivity contribution < 1.29 is 9.18 Å². The molecule has 0 saturated heterocycles. The topological polar surface area (TPSA) is 55.1 Å². The molecule has 20 heavy (non-hydrogen) atoms. The number of hydrogen-bond acceptors (Lipinski definition) is 2. The standard InChI is InChI=1S/C16H23FN2O/c1-2-3-11-4-7-13(8-5-11)19-16(20)12-6-9-15(18)14(17)10-12/h6,9-11,13H,2-5,7-8,18H2,1H3,(H,19,20). The lowest BCUT2D eigenvalue weighted by Crippen LogP contribution is -2.37. The Balaban J connectivity index is 1.87. The van der Waals surface area contributed by atoms with Gasteiger partial charge in [-0.15, -0.1) is 0 Å². The van der Waals surface area contributed by atoms with Crippen LogP contribution in [0.25, 0.3) is 0 Å². The van der Waals surface area contributed by atoms with Crippen LogP contribution in [0.5, 0.6) is 0 Å². The van der Waals surface area contributed by atoms with Crippen LogP contribution in [0.1, 0.15) is 55.8 Å². The van der Waals surface area contributed by atoms with E-state index in [9.17, 15) is 9.18 Å². The predicted octanol–water partition coefficient (Wildman–Crippen LogP) is 3.50. The molecule has 0 unspecified atom stereocenters. The number of halogens is 1. The fourth-order valence-electron chi connectivity index (χ4n) is 2.94. The predicted molar refractivity (Wildman–Crippen MR) is 78.9 cm³/mol. The average molecular weight is 278 g/mol. The smallest absolute Gasteiger partial charge is 0.251 e. The number of carbonyl (C=O) groups excluding carboxylic acids is 1. The van der Waals surface area contributed by atoms with Crippen LogP contribution in [-0.4, -0.2) is 11.9 Å². The fraction of sp³-hybridized carbons (Fsp3) is 0.562. The Bertz CT molecular complexity index is 468. The highest BCUT2D eigenvalue weighted by Crippen LogP contribution is 2.27. The summed E-state index contributed by atoms with van der Waals surface area (Å²) in [6, 6.07) is 4.42. The van der Waals surface area contributed by atoms with E-state index in [-0.39, 0.29) is 17.6 Å². The SMILES string of the molecule is CCCC1CCC(NC(=O)c2ccc(N)c(F)c2)CC1. The molecule has 1 aliphatic carbocycles. The molecule has 3 N–H and O–H groups in total. The minimum atomic E-state index is -0.538. The summed E-state index contributed by atoms with van der Waals surface area (Å²) in [7, 11) is 0. The van der Waals surface area contributed by atoms with E-state index in [1.54, 1.807) is 6.07 Å². The number of nitrogens with two attached hydrogens (primary N) is 1. The van der Waals surface area contributed by atoms with Crippen LogP contribution in [0.2, 0.25) is 0 Å². The maximum atomic E-state index is 13.3. The molecule has 110 valence electrons. The maximum absolute atomic E-state index is 13.3. The van der Waals surface area contributed by atoms with Gasteiger partial charge in [0.1, 0.15) is 5.82 Å². The highest BCUT2D eigenvalue weighted by atomic mass is 19.1. The number of nitrogens with one attached hydrogen (secondary N) is 1. The van der Waals surface area contributed by atoms with Crippen LogP contribution in [0.3, 0.4) is 0 Å². The zero-order valence-corrected chi connectivity index (χ0v) is 12.0. The first-order chi connectivity index (χ1) is 9.60. The molecule has 1 aromatic carbocycles. The van der Waals surface area contributed by atoms with Gasteiger partial charge in [-0.05, 0) is 49.8 Å². The quantitative estimate of drug-likeness (QED) is 0.828. The molecule has 4 heteroatoms. The largest absolute Gasteiger partial charge is 0.396 e. The van der Waals surface area contributed by atoms with Gasteiger partial charge in [0.25, 0.3) is 5.91 Å². The third-order valence-corrected chi connectivity index (χ3v) is 4.14. The summed E-state index contributed by atoms with van der Waals surface area (Å²) in [5, 5.41) is 3.00. The number of amides is 1. The summed E-state index contributed by atoms with van der Waals surface area (Å²) in [5.74, 6) is 0.0641. The van der Waals surface area contributed by atoms with E-state index in [0.717, 1.165) is 18.8 Å². The van der Waals surface area contributed by atoms with Crippen molar-refractivity contribution in [1.29, 1.82) is 0 Å². The first-order valence-electron chi connectivity index (χ1n) is 7.46. The summed E-state index contributed by atoms with van der Waals surface area (Å²) in [6.45, 7) is 2.21. The zero-order chi connectivity index (χ0) is 14.5. The summed E-state index contributed by atoms with van der Waals surface area (Å²) in [6.07, 6.45) is 6.90. The van der Waals surface area contributed by atoms with E-state index >= 15 is 0 Å². The summed E-state index contributed by atoms with van der Waals surface area (Å²) in [4.78, 5) is 12.1. The molecule has 1 aliphatic rings. The van der Waals surface area contributed by atoms with Crippen LogP contribution in [0.4, 0.5) is 10.1 Å². The molecule has 0 atom stereocenters. The van der Waals surface area contributed by atoms with Gasteiger partial charge < -0.3 is 11.1 Å². The van der Waals surface area contributed by atoms with E-state index < -0.39 is 5.82 Å². The Morgan fingerprint density at radius 1 is 1.35 bits per heavy atom. The third kappa shape index (κ3) is 3.71. The molecule has 0 radical (unpaired) electrons. The molecule has 1 aromatic rings. The molecule has 1 saturated carbocycles. The molecule has 0 heterocycles. The van der Waals surface area contributed by atoms with Crippen molar-refractivity contribution in [3.05, 3.63) is 29.6 Å². The molecule has 1 fully saturated rings. The van der Waals surface area contributed by atoms with Crippen LogP contribution in [0.15, 0.2) is 18.2 Å². The highest BCUT2D eigenvalue weighted by Gasteiger charge is 2.22. The molecule has 0 spiro atoms. The van der Waals surface area contributed by atoms with Gasteiger partial charge in [-0.25, -0.2) is 4.39 Å². The molecule has 3 nitrogen and oxygen atoms in total. The number of rotatable bonds is 4. The Labute approximate surface area is 119 Å². The summed E-state index contributed by atoms with van der Waals surface area (Å²) in [5.41, 5.74) is 5.82. The van der Waals surface area contributed by atoms with Crippen molar-refractivity contribution in [2.45, 2.75) is 51.5 Å². The van der Waals surface area contributed by atoms with Crippen molar-refractivity contribution in [2.24, 2.45) is 5.92 Å². The normalized spacial score (nSPS) is 22.5. The Hall–Kier alpha value is -1.58. The van der Waals surface area contributed by atoms with Gasteiger partial charge in [0.2, 0.25) is 0 Å². The minimum absolute atomic E-state index is 0.0709. The number of hydrogen-bond donors (Lipinski definition) is 2. The number of carbonyl (C=O) groups is 1. The van der Waals surface area contributed by atoms with E-state index in [0.29, 0.717) is 5.56 Å². The molecular weight excluding hydrogens is 255 g/mol. The van der Waals surface area contributed by atoms with Gasteiger partial charge in [-0.1, -0.05) is 19.8 Å². The first kappa shape index (κ1) is 14.8. The van der Waals surface area contributed by atoms with E-state index in [1.807, 2.05) is 0 Å². The van der Waals surface area contributed by atoms with Crippen LogP contribution in [-0.2, 0) is 0 Å². The molecule has 1 amide bonds. The van der Waals surface area contributed by atoms with E-state index in [4.69, 9.17) is 5.73 Å². The van der Waals surface area contributed by atoms with E-state index in [1.165, 1.54) is 37.8 Å². The zero-order valence-electron chi connectivity index (χ0n) is 12.0. The van der Waals surface area contributed by atoms with Crippen molar-refractivity contribution >= 4 is 11.6 Å². The molecule has 0 aromatic heterocycles. The maximum Gasteiger partial charge on any atom is 0.251 e. The lowest BCUT2D eigenvalue weighted by Gasteiger charge is -2.29. The lowest BCUT2D eigenvalue weighted by atomic mass is 9.83. The van der Waals surface area contributed by atoms with Gasteiger partial charge in [-0.3, -0.25) is 4.79 Å². The van der Waals surface area contributed by atoms with Crippen molar-refractivity contribution in [3.63, 3.8) is 0 Å². The summed E-state index contributed by atoms with van der Waals surface area (Å²) < 4.78 is 13.3. The van der Waals surface area contributed by atoms with Gasteiger partial charge >= 0.3 is 0 Å². The second kappa shape index (κ2) is 6.73. The number of benzene rings is 1. The van der Waals surface area contributed by atoms with Crippen LogP contribution >= 0.6 is 0 Å². The first-order valence-corrected chi connectivity index (χ1v) is 7.46. The number of anilines is 1.